The van der Waals surface area contributed by atoms with Crippen molar-refractivity contribution in [3.8, 4) is 12.0 Å². The van der Waals surface area contributed by atoms with E-state index < -0.39 is 5.54 Å². The first-order valence-corrected chi connectivity index (χ1v) is 7.30. The van der Waals surface area contributed by atoms with Crippen molar-refractivity contribution in [3.63, 3.8) is 0 Å². The van der Waals surface area contributed by atoms with Gasteiger partial charge in [0.05, 0.1) is 12.2 Å². The monoisotopic (exact) mass is 315 g/mol. The molecule has 2 aromatic heterocycles. The van der Waals surface area contributed by atoms with E-state index >= 15 is 0 Å². The van der Waals surface area contributed by atoms with Gasteiger partial charge in [0.15, 0.2) is 0 Å². The Morgan fingerprint density at radius 2 is 2.04 bits per heavy atom. The summed E-state index contributed by atoms with van der Waals surface area (Å²) in [5.74, 6) is 0.943. The highest BCUT2D eigenvalue weighted by atomic mass is 16.3. The van der Waals surface area contributed by atoms with E-state index in [2.05, 4.69) is 41.7 Å². The first-order valence-electron chi connectivity index (χ1n) is 7.30. The average Bonchev–Trinajstić information content (AvgIpc) is 3.11. The number of aliphatic hydroxyl groups excluding tert-OH is 1. The minimum atomic E-state index is -0.786. The molecule has 10 nitrogen and oxygen atoms in total. The maximum Gasteiger partial charge on any atom is 0.258 e. The molecular formula is C13H17N9O. The van der Waals surface area contributed by atoms with E-state index in [0.29, 0.717) is 37.6 Å². The third-order valence-corrected chi connectivity index (χ3v) is 3.84. The summed E-state index contributed by atoms with van der Waals surface area (Å²) in [6.45, 7) is 0. The van der Waals surface area contributed by atoms with Crippen LogP contribution in [0.15, 0.2) is 12.7 Å². The average molecular weight is 315 g/mol. The van der Waals surface area contributed by atoms with Crippen LogP contribution in [0.2, 0.25) is 0 Å². The Morgan fingerprint density at radius 3 is 2.65 bits per heavy atom. The van der Waals surface area contributed by atoms with Crippen molar-refractivity contribution < 1.29 is 5.11 Å². The molecule has 0 radical (unpaired) electrons. The summed E-state index contributed by atoms with van der Waals surface area (Å²) in [4.78, 5) is 16.6. The summed E-state index contributed by atoms with van der Waals surface area (Å²) in [5, 5.41) is 29.2. The van der Waals surface area contributed by atoms with Crippen LogP contribution in [0.4, 0.5) is 11.9 Å². The highest BCUT2D eigenvalue weighted by molar-refractivity contribution is 5.41. The van der Waals surface area contributed by atoms with Gasteiger partial charge in [0.2, 0.25) is 11.9 Å². The molecule has 0 bridgehead atoms. The van der Waals surface area contributed by atoms with Crippen molar-refractivity contribution in [2.45, 2.75) is 37.3 Å². The summed E-state index contributed by atoms with van der Waals surface area (Å²) < 4.78 is 1.41. The first-order chi connectivity index (χ1) is 11.1. The van der Waals surface area contributed by atoms with E-state index in [1.807, 2.05) is 0 Å². The van der Waals surface area contributed by atoms with Crippen LogP contribution < -0.4 is 10.6 Å². The van der Waals surface area contributed by atoms with Gasteiger partial charge in [-0.15, -0.1) is 0 Å². The molecule has 0 spiro atoms. The fraction of sp³-hybridized carbons (Fsp3) is 0.538. The second-order valence-electron chi connectivity index (χ2n) is 5.42. The van der Waals surface area contributed by atoms with Gasteiger partial charge in [-0.05, 0) is 25.7 Å². The number of hydrogen-bond donors (Lipinski definition) is 3. The smallest absolute Gasteiger partial charge is 0.258 e. The molecule has 120 valence electrons. The lowest BCUT2D eigenvalue weighted by Crippen LogP contribution is -2.42. The zero-order valence-electron chi connectivity index (χ0n) is 12.6. The number of nitrogens with zero attached hydrogens (tertiary/aromatic N) is 7. The quantitative estimate of drug-likeness (QED) is 0.717. The standard InChI is InChI=1S/C13H17N9O/c1-15-10-18-11(20-12(19-10)22-8-16-7-17-22)21-13(6-14)4-2-9(23)3-5-13/h7-9,23H,2-5H2,1H3,(H2,15,18,19,20,21). The van der Waals surface area contributed by atoms with E-state index in [4.69, 9.17) is 0 Å². The largest absolute Gasteiger partial charge is 0.393 e. The molecule has 0 atom stereocenters. The third-order valence-electron chi connectivity index (χ3n) is 3.84. The number of aromatic nitrogens is 6. The zero-order valence-corrected chi connectivity index (χ0v) is 12.6. The maximum absolute atomic E-state index is 9.65. The highest BCUT2D eigenvalue weighted by Crippen LogP contribution is 2.30. The third kappa shape index (κ3) is 3.19. The van der Waals surface area contributed by atoms with Gasteiger partial charge in [-0.2, -0.15) is 30.0 Å². The predicted molar refractivity (Wildman–Crippen MR) is 80.7 cm³/mol. The van der Waals surface area contributed by atoms with Crippen LogP contribution in [0.3, 0.4) is 0 Å². The molecular weight excluding hydrogens is 298 g/mol. The second kappa shape index (κ2) is 6.13. The van der Waals surface area contributed by atoms with Gasteiger partial charge in [0, 0.05) is 7.05 Å². The van der Waals surface area contributed by atoms with Gasteiger partial charge < -0.3 is 15.7 Å². The molecule has 1 aliphatic carbocycles. The molecule has 10 heteroatoms. The normalized spacial score (nSPS) is 24.0. The Morgan fingerprint density at radius 1 is 1.30 bits per heavy atom. The van der Waals surface area contributed by atoms with Gasteiger partial charge in [-0.25, -0.2) is 4.98 Å². The van der Waals surface area contributed by atoms with Crippen LogP contribution in [0.25, 0.3) is 5.95 Å². The van der Waals surface area contributed by atoms with Crippen LogP contribution in [-0.4, -0.2) is 53.5 Å². The summed E-state index contributed by atoms with van der Waals surface area (Å²) >= 11 is 0. The molecule has 23 heavy (non-hydrogen) atoms. The SMILES string of the molecule is CNc1nc(NC2(C#N)CCC(O)CC2)nc(-n2cncn2)n1. The van der Waals surface area contributed by atoms with Crippen molar-refractivity contribution in [1.29, 1.82) is 5.26 Å². The maximum atomic E-state index is 9.65. The fourth-order valence-electron chi connectivity index (χ4n) is 2.52. The van der Waals surface area contributed by atoms with E-state index in [0.717, 1.165) is 0 Å². The molecule has 0 saturated heterocycles. The Hall–Kier alpha value is -2.80. The minimum absolute atomic E-state index is 0.285. The lowest BCUT2D eigenvalue weighted by Gasteiger charge is -2.33. The zero-order chi connectivity index (χ0) is 16.3. The minimum Gasteiger partial charge on any atom is -0.393 e. The molecule has 3 N–H and O–H groups in total. The molecule has 1 fully saturated rings. The number of anilines is 2. The summed E-state index contributed by atoms with van der Waals surface area (Å²) in [7, 11) is 1.70. The Labute approximate surface area is 132 Å². The summed E-state index contributed by atoms with van der Waals surface area (Å²) in [6, 6.07) is 2.30. The number of nitriles is 1. The number of hydrogen-bond acceptors (Lipinski definition) is 9. The van der Waals surface area contributed by atoms with E-state index in [1.54, 1.807) is 7.05 Å². The van der Waals surface area contributed by atoms with Gasteiger partial charge in [-0.3, -0.25) is 0 Å². The first kappa shape index (κ1) is 15.1. The van der Waals surface area contributed by atoms with Crippen LogP contribution >= 0.6 is 0 Å². The molecule has 3 rings (SSSR count). The van der Waals surface area contributed by atoms with E-state index in [1.165, 1.54) is 17.3 Å². The van der Waals surface area contributed by atoms with Crippen molar-refractivity contribution in [2.24, 2.45) is 0 Å². The van der Waals surface area contributed by atoms with Crippen molar-refractivity contribution >= 4 is 11.9 Å². The van der Waals surface area contributed by atoms with Gasteiger partial charge in [-0.1, -0.05) is 0 Å². The highest BCUT2D eigenvalue weighted by Gasteiger charge is 2.36. The Balaban J connectivity index is 1.90. The molecule has 2 aromatic rings. The van der Waals surface area contributed by atoms with Crippen molar-refractivity contribution in [3.05, 3.63) is 12.7 Å². The van der Waals surface area contributed by atoms with E-state index in [-0.39, 0.29) is 12.1 Å². The van der Waals surface area contributed by atoms with E-state index in [9.17, 15) is 10.4 Å². The van der Waals surface area contributed by atoms with Crippen molar-refractivity contribution in [2.75, 3.05) is 17.7 Å². The number of aliphatic hydroxyl groups is 1. The Kier molecular flexibility index (Phi) is 4.03. The lowest BCUT2D eigenvalue weighted by atomic mass is 9.81. The summed E-state index contributed by atoms with van der Waals surface area (Å²) in [5.41, 5.74) is -0.786. The predicted octanol–water partition coefficient (Wildman–Crippen LogP) is 0.103. The van der Waals surface area contributed by atoms with Gasteiger partial charge in [0.1, 0.15) is 18.2 Å². The Bertz CT molecular complexity index is 701. The van der Waals surface area contributed by atoms with Gasteiger partial charge in [0.25, 0.3) is 5.95 Å². The van der Waals surface area contributed by atoms with Crippen molar-refractivity contribution in [1.82, 2.24) is 29.7 Å². The molecule has 1 saturated carbocycles. The topological polar surface area (TPSA) is 137 Å². The number of nitrogens with one attached hydrogen (secondary N) is 2. The van der Waals surface area contributed by atoms with Gasteiger partial charge >= 0.3 is 0 Å². The fourth-order valence-corrected chi connectivity index (χ4v) is 2.52. The van der Waals surface area contributed by atoms with Crippen LogP contribution in [-0.2, 0) is 0 Å². The second-order valence-corrected chi connectivity index (χ2v) is 5.42. The molecule has 0 aromatic carbocycles. The molecule has 0 unspecified atom stereocenters. The van der Waals surface area contributed by atoms with Crippen LogP contribution in [0.1, 0.15) is 25.7 Å². The molecule has 0 aliphatic heterocycles. The molecule has 0 amide bonds. The number of rotatable bonds is 4. The molecule has 2 heterocycles. The molecule has 1 aliphatic rings. The van der Waals surface area contributed by atoms with Crippen LogP contribution in [0, 0.1) is 11.3 Å². The summed E-state index contributed by atoms with van der Waals surface area (Å²) in [6.07, 6.45) is 4.72. The van der Waals surface area contributed by atoms with Crippen LogP contribution in [0.5, 0.6) is 0 Å². The lowest BCUT2D eigenvalue weighted by molar-refractivity contribution is 0.115.